The fourth-order valence-electron chi connectivity index (χ4n) is 3.85. The molecule has 1 unspecified atom stereocenters. The molecule has 29 heavy (non-hydrogen) atoms. The van der Waals surface area contributed by atoms with Crippen LogP contribution in [0.1, 0.15) is 11.1 Å². The van der Waals surface area contributed by atoms with Crippen LogP contribution < -0.4 is 4.74 Å². The number of hydrogen-bond acceptors (Lipinski definition) is 6. The molecule has 4 aromatic rings. The number of aromatic nitrogens is 1. The molecule has 0 spiro atoms. The van der Waals surface area contributed by atoms with E-state index in [-0.39, 0.29) is 6.61 Å². The molecule has 6 heteroatoms. The van der Waals surface area contributed by atoms with Gasteiger partial charge < -0.3 is 14.4 Å². The van der Waals surface area contributed by atoms with Gasteiger partial charge in [0.25, 0.3) is 0 Å². The summed E-state index contributed by atoms with van der Waals surface area (Å²) in [5.74, 6) is 0.721. The average molecular weight is 407 g/mol. The highest BCUT2D eigenvalue weighted by atomic mass is 32.1. The third kappa shape index (κ3) is 3.92. The summed E-state index contributed by atoms with van der Waals surface area (Å²) in [7, 11) is 0. The van der Waals surface area contributed by atoms with Crippen LogP contribution in [0.15, 0.2) is 64.5 Å². The fourth-order valence-corrected chi connectivity index (χ4v) is 4.66. The molecule has 0 radical (unpaired) electrons. The fraction of sp³-hybridized carbons (Fsp3) is 0.261. The van der Waals surface area contributed by atoms with Crippen molar-refractivity contribution in [2.24, 2.45) is 0 Å². The molecule has 1 aliphatic heterocycles. The van der Waals surface area contributed by atoms with Gasteiger partial charge in [0.1, 0.15) is 28.9 Å². The standard InChI is InChI=1S/C23H22N2O3S/c26-19(14-25-10-8-16-4-1-2-5-18(16)13-25)15-27-20-7-3-6-17(12-20)22-23-21(28-24-22)9-11-29-23/h1-7,9,11-12,19,26H,8,10,13-15H2. The van der Waals surface area contributed by atoms with Crippen molar-refractivity contribution >= 4 is 21.6 Å². The molecular formula is C23H22N2O3S. The third-order valence-corrected chi connectivity index (χ3v) is 6.21. The molecular weight excluding hydrogens is 384 g/mol. The Labute approximate surface area is 173 Å². The van der Waals surface area contributed by atoms with Crippen molar-refractivity contribution in [3.63, 3.8) is 0 Å². The summed E-state index contributed by atoms with van der Waals surface area (Å²) in [4.78, 5) is 2.29. The lowest BCUT2D eigenvalue weighted by molar-refractivity contribution is 0.0638. The Kier molecular flexibility index (Phi) is 5.06. The molecule has 0 aliphatic carbocycles. The number of rotatable bonds is 6. The van der Waals surface area contributed by atoms with Gasteiger partial charge in [0.05, 0.1) is 0 Å². The molecule has 2 aromatic heterocycles. The van der Waals surface area contributed by atoms with Crippen molar-refractivity contribution in [3.05, 3.63) is 71.1 Å². The highest BCUT2D eigenvalue weighted by molar-refractivity contribution is 7.17. The van der Waals surface area contributed by atoms with E-state index in [1.165, 1.54) is 11.1 Å². The predicted molar refractivity (Wildman–Crippen MR) is 114 cm³/mol. The van der Waals surface area contributed by atoms with Crippen LogP contribution in [0.2, 0.25) is 0 Å². The summed E-state index contributed by atoms with van der Waals surface area (Å²) in [6, 6.07) is 18.2. The predicted octanol–water partition coefficient (Wildman–Crippen LogP) is 4.35. The molecule has 1 N–H and O–H groups in total. The first-order valence-corrected chi connectivity index (χ1v) is 10.7. The van der Waals surface area contributed by atoms with Crippen LogP contribution in [0.5, 0.6) is 5.75 Å². The number of benzene rings is 2. The Morgan fingerprint density at radius 2 is 2.03 bits per heavy atom. The maximum atomic E-state index is 10.5. The molecule has 3 heterocycles. The minimum atomic E-state index is -0.542. The van der Waals surface area contributed by atoms with Crippen molar-refractivity contribution in [3.8, 4) is 17.0 Å². The first kappa shape index (κ1) is 18.4. The second-order valence-corrected chi connectivity index (χ2v) is 8.31. The van der Waals surface area contributed by atoms with E-state index in [4.69, 9.17) is 9.26 Å². The number of ether oxygens (including phenoxy) is 1. The summed E-state index contributed by atoms with van der Waals surface area (Å²) in [6.45, 7) is 2.71. The second kappa shape index (κ2) is 7.99. The van der Waals surface area contributed by atoms with Gasteiger partial charge in [-0.25, -0.2) is 0 Å². The monoisotopic (exact) mass is 406 g/mol. The average Bonchev–Trinajstić information content (AvgIpc) is 3.36. The summed E-state index contributed by atoms with van der Waals surface area (Å²) < 4.78 is 12.3. The van der Waals surface area contributed by atoms with Gasteiger partial charge in [0.2, 0.25) is 0 Å². The number of nitrogens with zero attached hydrogens (tertiary/aromatic N) is 2. The summed E-state index contributed by atoms with van der Waals surface area (Å²) in [5, 5.41) is 16.7. The van der Waals surface area contributed by atoms with Gasteiger partial charge in [0, 0.05) is 25.2 Å². The zero-order chi connectivity index (χ0) is 19.6. The van der Waals surface area contributed by atoms with Gasteiger partial charge in [-0.05, 0) is 41.1 Å². The Morgan fingerprint density at radius 1 is 1.14 bits per heavy atom. The molecule has 2 aromatic carbocycles. The van der Waals surface area contributed by atoms with Crippen LogP contribution in [0.4, 0.5) is 0 Å². The zero-order valence-electron chi connectivity index (χ0n) is 16.0. The lowest BCUT2D eigenvalue weighted by atomic mass is 10.00. The SMILES string of the molecule is OC(COc1cccc(-c2noc3ccsc23)c1)CN1CCc2ccccc2C1. The summed E-state index contributed by atoms with van der Waals surface area (Å²) in [5.41, 5.74) is 5.35. The smallest absolute Gasteiger partial charge is 0.178 e. The molecule has 0 bridgehead atoms. The van der Waals surface area contributed by atoms with E-state index < -0.39 is 6.10 Å². The first-order chi connectivity index (χ1) is 14.3. The highest BCUT2D eigenvalue weighted by Crippen LogP contribution is 2.33. The normalized spacial score (nSPS) is 15.3. The van der Waals surface area contributed by atoms with E-state index in [2.05, 4.69) is 34.3 Å². The first-order valence-electron chi connectivity index (χ1n) is 9.79. The summed E-state index contributed by atoms with van der Waals surface area (Å²) in [6.07, 6.45) is 0.487. The molecule has 5 rings (SSSR count). The molecule has 0 fully saturated rings. The number of thiophene rings is 1. The largest absolute Gasteiger partial charge is 0.491 e. The number of hydrogen-bond donors (Lipinski definition) is 1. The maximum absolute atomic E-state index is 10.5. The second-order valence-electron chi connectivity index (χ2n) is 7.39. The molecule has 0 saturated carbocycles. The number of aliphatic hydroxyl groups excluding tert-OH is 1. The Hall–Kier alpha value is -2.67. The number of fused-ring (bicyclic) bond motifs is 2. The minimum Gasteiger partial charge on any atom is -0.491 e. The molecule has 148 valence electrons. The molecule has 1 atom stereocenters. The van der Waals surface area contributed by atoms with Crippen molar-refractivity contribution in [2.75, 3.05) is 19.7 Å². The Balaban J connectivity index is 1.20. The van der Waals surface area contributed by atoms with Crippen LogP contribution >= 0.6 is 11.3 Å². The van der Waals surface area contributed by atoms with Crippen molar-refractivity contribution in [2.45, 2.75) is 19.1 Å². The van der Waals surface area contributed by atoms with Crippen LogP contribution in [-0.2, 0) is 13.0 Å². The number of β-amino-alcohol motifs (C(OH)–C–C–N with tert-alkyl or cyclic N) is 1. The van der Waals surface area contributed by atoms with Crippen molar-refractivity contribution < 1.29 is 14.4 Å². The van der Waals surface area contributed by atoms with Crippen LogP contribution in [0.3, 0.4) is 0 Å². The Bertz CT molecular complexity index is 1120. The highest BCUT2D eigenvalue weighted by Gasteiger charge is 2.19. The van der Waals surface area contributed by atoms with Gasteiger partial charge >= 0.3 is 0 Å². The van der Waals surface area contributed by atoms with Crippen LogP contribution in [0.25, 0.3) is 21.5 Å². The van der Waals surface area contributed by atoms with Gasteiger partial charge in [-0.15, -0.1) is 11.3 Å². The van der Waals surface area contributed by atoms with E-state index in [1.807, 2.05) is 35.7 Å². The molecule has 5 nitrogen and oxygen atoms in total. The molecule has 0 saturated heterocycles. The topological polar surface area (TPSA) is 58.7 Å². The van der Waals surface area contributed by atoms with Gasteiger partial charge in [-0.2, -0.15) is 0 Å². The molecule has 1 aliphatic rings. The van der Waals surface area contributed by atoms with Crippen LogP contribution in [0, 0.1) is 0 Å². The lowest BCUT2D eigenvalue weighted by Gasteiger charge is -2.30. The van der Waals surface area contributed by atoms with Crippen molar-refractivity contribution in [1.82, 2.24) is 10.1 Å². The van der Waals surface area contributed by atoms with E-state index in [0.717, 1.165) is 46.8 Å². The maximum Gasteiger partial charge on any atom is 0.178 e. The zero-order valence-corrected chi connectivity index (χ0v) is 16.8. The minimum absolute atomic E-state index is 0.259. The quantitative estimate of drug-likeness (QED) is 0.516. The van der Waals surface area contributed by atoms with E-state index in [0.29, 0.717) is 6.54 Å². The Morgan fingerprint density at radius 3 is 2.97 bits per heavy atom. The van der Waals surface area contributed by atoms with E-state index in [9.17, 15) is 5.11 Å². The van der Waals surface area contributed by atoms with E-state index >= 15 is 0 Å². The van der Waals surface area contributed by atoms with Crippen LogP contribution in [-0.4, -0.2) is 41.0 Å². The van der Waals surface area contributed by atoms with Gasteiger partial charge in [-0.1, -0.05) is 41.6 Å². The van der Waals surface area contributed by atoms with Crippen molar-refractivity contribution in [1.29, 1.82) is 0 Å². The van der Waals surface area contributed by atoms with Gasteiger partial charge in [0.15, 0.2) is 5.58 Å². The van der Waals surface area contributed by atoms with Gasteiger partial charge in [-0.3, -0.25) is 4.90 Å². The summed E-state index contributed by atoms with van der Waals surface area (Å²) >= 11 is 1.61. The van der Waals surface area contributed by atoms with E-state index in [1.54, 1.807) is 11.3 Å². The number of aliphatic hydroxyl groups is 1. The lowest BCUT2D eigenvalue weighted by Crippen LogP contribution is -2.38. The third-order valence-electron chi connectivity index (χ3n) is 5.31. The molecule has 0 amide bonds.